The standard InChI is InChI=1S/C33H49N2O3P/c1-6-11-26-35(27-12-7-2)31-23-20-29(21-24-31)19-22-30(16-8-3)32-17-13-14-18-33(32)34-25-15-28-39(36,37-9-4)38-10-5/h8,13-14,16-24H,6-7,9-12,15,25-28H2,1-5H3/b16-8-,22-19?,32-30+,34-33?. The van der Waals surface area contributed by atoms with Gasteiger partial charge in [0.25, 0.3) is 0 Å². The molecular weight excluding hydrogens is 503 g/mol. The summed E-state index contributed by atoms with van der Waals surface area (Å²) in [6.07, 6.45) is 22.6. The molecule has 0 aromatic heterocycles. The van der Waals surface area contributed by atoms with Gasteiger partial charge in [-0.05, 0) is 69.4 Å². The van der Waals surface area contributed by atoms with Crippen LogP contribution in [-0.2, 0) is 13.6 Å². The quantitative estimate of drug-likeness (QED) is 0.135. The van der Waals surface area contributed by atoms with E-state index in [1.807, 2.05) is 39.0 Å². The Kier molecular flexibility index (Phi) is 15.8. The molecule has 1 aliphatic rings. The topological polar surface area (TPSA) is 51.1 Å². The fraction of sp³-hybridized carbons (Fsp3) is 0.485. The predicted molar refractivity (Wildman–Crippen MR) is 170 cm³/mol. The van der Waals surface area contributed by atoms with Gasteiger partial charge in [-0.15, -0.1) is 0 Å². The summed E-state index contributed by atoms with van der Waals surface area (Å²) in [7, 11) is -3.04. The van der Waals surface area contributed by atoms with E-state index in [0.29, 0.717) is 32.3 Å². The van der Waals surface area contributed by atoms with Crippen LogP contribution in [0.3, 0.4) is 0 Å². The molecule has 1 aromatic rings. The summed E-state index contributed by atoms with van der Waals surface area (Å²) in [6.45, 7) is 13.7. The molecule has 0 heterocycles. The third-order valence-electron chi connectivity index (χ3n) is 6.36. The van der Waals surface area contributed by atoms with Crippen molar-refractivity contribution >= 4 is 25.1 Å². The third-order valence-corrected chi connectivity index (χ3v) is 8.53. The Morgan fingerprint density at radius 2 is 1.54 bits per heavy atom. The van der Waals surface area contributed by atoms with Crippen molar-refractivity contribution in [2.75, 3.05) is 43.9 Å². The maximum atomic E-state index is 12.7. The average molecular weight is 553 g/mol. The van der Waals surface area contributed by atoms with E-state index in [0.717, 1.165) is 29.9 Å². The lowest BCUT2D eigenvalue weighted by molar-refractivity contribution is 0.220. The SMILES string of the molecule is C/C=C\C(C=Cc1ccc(N(CCCC)CCCC)cc1)=C1\C=CC=CC1=NCCCP(=O)(OCC)OCC. The van der Waals surface area contributed by atoms with Gasteiger partial charge in [-0.2, -0.15) is 0 Å². The molecule has 39 heavy (non-hydrogen) atoms. The van der Waals surface area contributed by atoms with Gasteiger partial charge in [0.1, 0.15) is 0 Å². The van der Waals surface area contributed by atoms with Gasteiger partial charge in [-0.25, -0.2) is 0 Å². The van der Waals surface area contributed by atoms with Gasteiger partial charge in [0, 0.05) is 30.9 Å². The number of rotatable bonds is 18. The molecule has 214 valence electrons. The smallest absolute Gasteiger partial charge is 0.330 e. The molecule has 0 spiro atoms. The Morgan fingerprint density at radius 3 is 2.13 bits per heavy atom. The summed E-state index contributed by atoms with van der Waals surface area (Å²) in [5.41, 5.74) is 5.57. The number of benzene rings is 1. The molecule has 0 fully saturated rings. The van der Waals surface area contributed by atoms with Gasteiger partial charge >= 0.3 is 7.60 Å². The minimum Gasteiger partial charge on any atom is -0.372 e. The zero-order chi connectivity index (χ0) is 28.3. The van der Waals surface area contributed by atoms with Gasteiger partial charge in [0.2, 0.25) is 0 Å². The van der Waals surface area contributed by atoms with E-state index < -0.39 is 7.60 Å². The Bertz CT molecular complexity index is 1060. The van der Waals surface area contributed by atoms with Crippen LogP contribution in [0.1, 0.15) is 72.3 Å². The largest absolute Gasteiger partial charge is 0.372 e. The van der Waals surface area contributed by atoms with Gasteiger partial charge in [0.15, 0.2) is 0 Å². The highest BCUT2D eigenvalue weighted by atomic mass is 31.2. The van der Waals surface area contributed by atoms with Crippen molar-refractivity contribution in [3.05, 3.63) is 83.5 Å². The molecule has 0 radical (unpaired) electrons. The summed E-state index contributed by atoms with van der Waals surface area (Å²) in [4.78, 5) is 7.35. The molecule has 1 aromatic carbocycles. The summed E-state index contributed by atoms with van der Waals surface area (Å²) in [5.74, 6) is 0. The highest BCUT2D eigenvalue weighted by molar-refractivity contribution is 7.53. The second-order valence-electron chi connectivity index (χ2n) is 9.50. The minimum absolute atomic E-state index is 0.371. The molecule has 0 unspecified atom stereocenters. The van der Waals surface area contributed by atoms with E-state index in [2.05, 4.69) is 73.4 Å². The molecule has 0 saturated heterocycles. The number of anilines is 1. The normalized spacial score (nSPS) is 16.2. The Hall–Kier alpha value is -2.46. The third kappa shape index (κ3) is 11.7. The number of hydrogen-bond acceptors (Lipinski definition) is 5. The number of unbranched alkanes of at least 4 members (excludes halogenated alkanes) is 2. The van der Waals surface area contributed by atoms with Gasteiger partial charge in [-0.3, -0.25) is 9.56 Å². The van der Waals surface area contributed by atoms with Crippen molar-refractivity contribution in [3.63, 3.8) is 0 Å². The van der Waals surface area contributed by atoms with Crippen LogP contribution >= 0.6 is 7.60 Å². The van der Waals surface area contributed by atoms with Gasteiger partial charge in [-0.1, -0.05) is 81.4 Å². The number of allylic oxidation sites excluding steroid dienone is 9. The Labute approximate surface area is 237 Å². The van der Waals surface area contributed by atoms with Crippen LogP contribution in [0.4, 0.5) is 5.69 Å². The zero-order valence-corrected chi connectivity index (χ0v) is 25.7. The average Bonchev–Trinajstić information content (AvgIpc) is 2.94. The predicted octanol–water partition coefficient (Wildman–Crippen LogP) is 9.20. The first kappa shape index (κ1) is 32.8. The lowest BCUT2D eigenvalue weighted by Gasteiger charge is -2.24. The van der Waals surface area contributed by atoms with Crippen LogP contribution in [0.2, 0.25) is 0 Å². The lowest BCUT2D eigenvalue weighted by Crippen LogP contribution is -2.25. The second kappa shape index (κ2) is 18.8. The van der Waals surface area contributed by atoms with Gasteiger partial charge < -0.3 is 13.9 Å². The van der Waals surface area contributed by atoms with E-state index in [-0.39, 0.29) is 0 Å². The molecule has 0 N–H and O–H groups in total. The van der Waals surface area contributed by atoms with E-state index in [1.165, 1.54) is 36.9 Å². The summed E-state index contributed by atoms with van der Waals surface area (Å²) in [5, 5.41) is 0. The van der Waals surface area contributed by atoms with E-state index in [1.54, 1.807) is 0 Å². The Balaban J connectivity index is 2.18. The van der Waals surface area contributed by atoms with Gasteiger partial charge in [0.05, 0.1) is 25.1 Å². The first-order chi connectivity index (χ1) is 19.0. The van der Waals surface area contributed by atoms with E-state index >= 15 is 0 Å². The highest BCUT2D eigenvalue weighted by Crippen LogP contribution is 2.48. The van der Waals surface area contributed by atoms with Crippen LogP contribution in [-0.4, -0.2) is 44.7 Å². The molecule has 0 saturated carbocycles. The summed E-state index contributed by atoms with van der Waals surface area (Å²) < 4.78 is 23.6. The van der Waals surface area contributed by atoms with Crippen molar-refractivity contribution in [1.82, 2.24) is 0 Å². The van der Waals surface area contributed by atoms with Crippen LogP contribution in [0, 0.1) is 0 Å². The van der Waals surface area contributed by atoms with Crippen molar-refractivity contribution in [2.24, 2.45) is 4.99 Å². The van der Waals surface area contributed by atoms with Crippen molar-refractivity contribution < 1.29 is 13.6 Å². The maximum Gasteiger partial charge on any atom is 0.330 e. The van der Waals surface area contributed by atoms with E-state index in [4.69, 9.17) is 14.0 Å². The molecule has 5 nitrogen and oxygen atoms in total. The molecule has 0 bridgehead atoms. The molecule has 0 atom stereocenters. The molecule has 0 aliphatic heterocycles. The molecular formula is C33H49N2O3P. The van der Waals surface area contributed by atoms with Crippen LogP contribution in [0.25, 0.3) is 6.08 Å². The first-order valence-corrected chi connectivity index (χ1v) is 16.4. The van der Waals surface area contributed by atoms with Crippen LogP contribution in [0.5, 0.6) is 0 Å². The van der Waals surface area contributed by atoms with Crippen molar-refractivity contribution in [3.8, 4) is 0 Å². The van der Waals surface area contributed by atoms with Crippen molar-refractivity contribution in [1.29, 1.82) is 0 Å². The zero-order valence-electron chi connectivity index (χ0n) is 24.8. The van der Waals surface area contributed by atoms with E-state index in [9.17, 15) is 4.57 Å². The second-order valence-corrected chi connectivity index (χ2v) is 11.7. The fourth-order valence-electron chi connectivity index (χ4n) is 4.34. The van der Waals surface area contributed by atoms with Crippen LogP contribution < -0.4 is 4.90 Å². The molecule has 1 aliphatic carbocycles. The monoisotopic (exact) mass is 552 g/mol. The molecule has 6 heteroatoms. The van der Waals surface area contributed by atoms with Crippen molar-refractivity contribution in [2.45, 2.75) is 66.7 Å². The lowest BCUT2D eigenvalue weighted by atomic mass is 9.97. The minimum atomic E-state index is -3.04. The van der Waals surface area contributed by atoms with Crippen LogP contribution in [0.15, 0.2) is 82.9 Å². The number of nitrogens with zero attached hydrogens (tertiary/aromatic N) is 2. The summed E-state index contributed by atoms with van der Waals surface area (Å²) in [6, 6.07) is 8.89. The molecule has 2 rings (SSSR count). The number of aliphatic imine (C=N–C) groups is 1. The highest BCUT2D eigenvalue weighted by Gasteiger charge is 2.22. The number of hydrogen-bond donors (Lipinski definition) is 0. The summed E-state index contributed by atoms with van der Waals surface area (Å²) >= 11 is 0. The first-order valence-electron chi connectivity index (χ1n) is 14.7. The fourth-order valence-corrected chi connectivity index (χ4v) is 5.99. The Morgan fingerprint density at radius 1 is 0.897 bits per heavy atom. The molecule has 0 amide bonds. The maximum absolute atomic E-state index is 12.7.